The Hall–Kier alpha value is -1.33. The van der Waals surface area contributed by atoms with Gasteiger partial charge in [-0.2, -0.15) is 0 Å². The molecule has 2 aliphatic heterocycles. The third-order valence-corrected chi connectivity index (χ3v) is 4.10. The molecule has 110 valence electrons. The number of hydrogen-bond acceptors (Lipinski definition) is 4. The average Bonchev–Trinajstić information content (AvgIpc) is 3.01. The van der Waals surface area contributed by atoms with Crippen LogP contribution in [0.3, 0.4) is 0 Å². The van der Waals surface area contributed by atoms with Gasteiger partial charge in [0.25, 0.3) is 5.91 Å². The maximum Gasteiger partial charge on any atom is 0.251 e. The van der Waals surface area contributed by atoms with E-state index in [2.05, 4.69) is 4.90 Å². The fraction of sp³-hybridized carbons (Fsp3) is 0.667. The van der Waals surface area contributed by atoms with Crippen LogP contribution < -0.4 is 0 Å². The third-order valence-electron chi connectivity index (χ3n) is 4.10. The molecule has 0 radical (unpaired) electrons. The molecule has 1 amide bonds. The SMILES string of the molecule is O=C([C@H]1CCCCO1)N1CCN(Cc2ccco2)CC1. The first-order valence-electron chi connectivity index (χ1n) is 7.48. The van der Waals surface area contributed by atoms with E-state index in [-0.39, 0.29) is 12.0 Å². The molecule has 2 fully saturated rings. The van der Waals surface area contributed by atoms with Crippen LogP contribution in [-0.2, 0) is 16.1 Å². The summed E-state index contributed by atoms with van der Waals surface area (Å²) < 4.78 is 10.9. The molecule has 2 saturated heterocycles. The summed E-state index contributed by atoms with van der Waals surface area (Å²) in [5, 5.41) is 0. The van der Waals surface area contributed by atoms with Crippen LogP contribution in [0.1, 0.15) is 25.0 Å². The molecule has 1 atom stereocenters. The molecule has 0 bridgehead atoms. The first-order chi connectivity index (χ1) is 9.83. The molecule has 0 saturated carbocycles. The second kappa shape index (κ2) is 6.41. The Bertz CT molecular complexity index is 418. The van der Waals surface area contributed by atoms with Gasteiger partial charge in [-0.25, -0.2) is 0 Å². The first-order valence-corrected chi connectivity index (χ1v) is 7.48. The van der Waals surface area contributed by atoms with Crippen LogP contribution in [0.25, 0.3) is 0 Å². The lowest BCUT2D eigenvalue weighted by atomic mass is 10.1. The summed E-state index contributed by atoms with van der Waals surface area (Å²) in [4.78, 5) is 16.6. The highest BCUT2D eigenvalue weighted by Gasteiger charge is 2.29. The predicted octanol–water partition coefficient (Wildman–Crippen LogP) is 1.49. The minimum atomic E-state index is -0.194. The smallest absolute Gasteiger partial charge is 0.251 e. The van der Waals surface area contributed by atoms with Gasteiger partial charge in [0.1, 0.15) is 11.9 Å². The Morgan fingerprint density at radius 2 is 2.10 bits per heavy atom. The fourth-order valence-electron chi connectivity index (χ4n) is 2.89. The maximum atomic E-state index is 12.3. The Labute approximate surface area is 119 Å². The van der Waals surface area contributed by atoms with E-state index in [0.717, 1.165) is 64.4 Å². The van der Waals surface area contributed by atoms with Crippen molar-refractivity contribution >= 4 is 5.91 Å². The normalized spacial score (nSPS) is 24.8. The van der Waals surface area contributed by atoms with Crippen LogP contribution in [0.4, 0.5) is 0 Å². The van der Waals surface area contributed by atoms with E-state index in [9.17, 15) is 4.79 Å². The lowest BCUT2D eigenvalue weighted by molar-refractivity contribution is -0.148. The molecule has 3 heterocycles. The number of carbonyl (C=O) groups excluding carboxylic acids is 1. The van der Waals surface area contributed by atoms with Crippen molar-refractivity contribution in [2.24, 2.45) is 0 Å². The van der Waals surface area contributed by atoms with Gasteiger partial charge in [0.2, 0.25) is 0 Å². The van der Waals surface area contributed by atoms with Gasteiger partial charge in [-0.15, -0.1) is 0 Å². The molecule has 1 aromatic heterocycles. The van der Waals surface area contributed by atoms with Crippen molar-refractivity contribution in [1.29, 1.82) is 0 Å². The number of rotatable bonds is 3. The third kappa shape index (κ3) is 3.22. The van der Waals surface area contributed by atoms with E-state index in [4.69, 9.17) is 9.15 Å². The van der Waals surface area contributed by atoms with Gasteiger partial charge in [0.05, 0.1) is 12.8 Å². The minimum absolute atomic E-state index is 0.183. The summed E-state index contributed by atoms with van der Waals surface area (Å²) in [7, 11) is 0. The summed E-state index contributed by atoms with van der Waals surface area (Å²) in [6, 6.07) is 3.91. The Balaban J connectivity index is 1.46. The molecule has 20 heavy (non-hydrogen) atoms. The van der Waals surface area contributed by atoms with Gasteiger partial charge in [-0.05, 0) is 31.4 Å². The summed E-state index contributed by atoms with van der Waals surface area (Å²) in [6.07, 6.45) is 4.58. The van der Waals surface area contributed by atoms with Crippen LogP contribution in [0.15, 0.2) is 22.8 Å². The number of carbonyl (C=O) groups is 1. The monoisotopic (exact) mass is 278 g/mol. The highest BCUT2D eigenvalue weighted by molar-refractivity contribution is 5.81. The van der Waals surface area contributed by atoms with Gasteiger partial charge in [0.15, 0.2) is 0 Å². The van der Waals surface area contributed by atoms with Gasteiger partial charge in [-0.1, -0.05) is 0 Å². The summed E-state index contributed by atoms with van der Waals surface area (Å²) >= 11 is 0. The zero-order valence-electron chi connectivity index (χ0n) is 11.8. The second-order valence-electron chi connectivity index (χ2n) is 5.54. The molecule has 3 rings (SSSR count). The molecule has 0 aromatic carbocycles. The number of nitrogens with zero attached hydrogens (tertiary/aromatic N) is 2. The number of hydrogen-bond donors (Lipinski definition) is 0. The molecule has 0 aliphatic carbocycles. The van der Waals surface area contributed by atoms with Crippen molar-refractivity contribution < 1.29 is 13.9 Å². The standard InChI is InChI=1S/C15H22N2O3/c18-15(14-5-1-2-10-20-14)17-8-6-16(7-9-17)12-13-4-3-11-19-13/h3-4,11,14H,1-2,5-10,12H2/t14-/m1/s1. The summed E-state index contributed by atoms with van der Waals surface area (Å²) in [5.74, 6) is 1.17. The van der Waals surface area contributed by atoms with E-state index in [1.807, 2.05) is 17.0 Å². The zero-order chi connectivity index (χ0) is 13.8. The second-order valence-corrected chi connectivity index (χ2v) is 5.54. The van der Waals surface area contributed by atoms with Crippen molar-refractivity contribution in [3.63, 3.8) is 0 Å². The Kier molecular flexibility index (Phi) is 4.38. The Morgan fingerprint density at radius 3 is 2.75 bits per heavy atom. The van der Waals surface area contributed by atoms with Crippen molar-refractivity contribution in [2.75, 3.05) is 32.8 Å². The molecular formula is C15H22N2O3. The topological polar surface area (TPSA) is 45.9 Å². The van der Waals surface area contributed by atoms with Crippen LogP contribution in [0, 0.1) is 0 Å². The van der Waals surface area contributed by atoms with E-state index >= 15 is 0 Å². The predicted molar refractivity (Wildman–Crippen MR) is 74.2 cm³/mol. The van der Waals surface area contributed by atoms with Crippen molar-refractivity contribution in [3.8, 4) is 0 Å². The first kappa shape index (κ1) is 13.6. The fourth-order valence-corrected chi connectivity index (χ4v) is 2.89. The zero-order valence-corrected chi connectivity index (χ0v) is 11.8. The van der Waals surface area contributed by atoms with E-state index in [0.29, 0.717) is 0 Å². The largest absolute Gasteiger partial charge is 0.468 e. The molecule has 1 aromatic rings. The molecule has 5 heteroatoms. The van der Waals surface area contributed by atoms with Crippen LogP contribution >= 0.6 is 0 Å². The van der Waals surface area contributed by atoms with Crippen LogP contribution in [0.5, 0.6) is 0 Å². The summed E-state index contributed by atoms with van der Waals surface area (Å²) in [6.45, 7) is 4.95. The Morgan fingerprint density at radius 1 is 1.25 bits per heavy atom. The van der Waals surface area contributed by atoms with Crippen LogP contribution in [-0.4, -0.2) is 54.6 Å². The van der Waals surface area contributed by atoms with Gasteiger partial charge < -0.3 is 14.1 Å². The van der Waals surface area contributed by atoms with Crippen LogP contribution in [0.2, 0.25) is 0 Å². The molecule has 0 unspecified atom stereocenters. The molecule has 5 nitrogen and oxygen atoms in total. The maximum absolute atomic E-state index is 12.3. The molecule has 0 spiro atoms. The number of piperazine rings is 1. The lowest BCUT2D eigenvalue weighted by Crippen LogP contribution is -2.51. The highest BCUT2D eigenvalue weighted by atomic mass is 16.5. The van der Waals surface area contributed by atoms with Crippen molar-refractivity contribution in [1.82, 2.24) is 9.80 Å². The van der Waals surface area contributed by atoms with E-state index in [1.54, 1.807) is 6.26 Å². The molecular weight excluding hydrogens is 256 g/mol. The number of amides is 1. The van der Waals surface area contributed by atoms with Gasteiger partial charge >= 0.3 is 0 Å². The van der Waals surface area contributed by atoms with Crippen molar-refractivity contribution in [3.05, 3.63) is 24.2 Å². The molecule has 0 N–H and O–H groups in total. The minimum Gasteiger partial charge on any atom is -0.468 e. The number of furan rings is 1. The number of ether oxygens (including phenoxy) is 1. The van der Waals surface area contributed by atoms with E-state index < -0.39 is 0 Å². The van der Waals surface area contributed by atoms with E-state index in [1.165, 1.54) is 0 Å². The average molecular weight is 278 g/mol. The summed E-state index contributed by atoms with van der Waals surface area (Å²) in [5.41, 5.74) is 0. The highest BCUT2D eigenvalue weighted by Crippen LogP contribution is 2.16. The quantitative estimate of drug-likeness (QED) is 0.840. The van der Waals surface area contributed by atoms with Crippen molar-refractivity contribution in [2.45, 2.75) is 31.9 Å². The van der Waals surface area contributed by atoms with Gasteiger partial charge in [0, 0.05) is 32.8 Å². The lowest BCUT2D eigenvalue weighted by Gasteiger charge is -2.36. The van der Waals surface area contributed by atoms with Gasteiger partial charge in [-0.3, -0.25) is 9.69 Å². The molecule has 2 aliphatic rings.